The van der Waals surface area contributed by atoms with Crippen LogP contribution >= 0.6 is 0 Å². The van der Waals surface area contributed by atoms with Crippen LogP contribution in [-0.4, -0.2) is 229 Å². The number of aromatic nitrogens is 18. The maximum absolute atomic E-state index is 13.5. The van der Waals surface area contributed by atoms with Gasteiger partial charge in [-0.2, -0.15) is 20.4 Å². The summed E-state index contributed by atoms with van der Waals surface area (Å²) in [4.78, 5) is 104. The maximum Gasteiger partial charge on any atom is 0.276 e. The molecule has 0 spiro atoms. The number of aliphatic hydroxyl groups excluding tert-OH is 1. The number of rotatable bonds is 24. The molecule has 9 N–H and O–H groups in total. The SMILES string of the molecule is CN(C)Cc1cncc(NC(=O)c2n[nH]c3ccc(-c4cncc(CN5CCC(O)CC5)c4)cc23)c1.CN(C)Cc1cncc(NC(=O)c2n[nH]c3ccc(-c4cncc(Oc5ccccc5)c4)cc23)c1.Cc1ncc(NC(=O)c2n[nH]c3ccc(-c4cncc(CN5CCC(F)(F)C5)c4)cc23)cn1.Cc1ncc(NC(=O)c2n[nH]c3ccc(-c4cncc(CN5CCC(F)(F)CC5)c4)cc23)cn1. The number of ether oxygens (including phenoxy) is 1. The normalized spacial score (nSPS) is 14.4. The van der Waals surface area contributed by atoms with E-state index in [0.29, 0.717) is 106 Å². The maximum atomic E-state index is 13.5. The average Bonchev–Trinajstić information content (AvgIpc) is 1.65. The molecule has 0 radical (unpaired) electrons. The van der Waals surface area contributed by atoms with Crippen LogP contribution in [-0.2, 0) is 32.7 Å². The van der Waals surface area contributed by atoms with Crippen molar-refractivity contribution in [3.05, 3.63) is 301 Å². The number of nitrogens with zero attached hydrogens (tertiary/aromatic N) is 19. The van der Waals surface area contributed by atoms with E-state index in [4.69, 9.17) is 4.74 Å². The van der Waals surface area contributed by atoms with E-state index in [1.54, 1.807) is 93.1 Å². The van der Waals surface area contributed by atoms with Crippen LogP contribution in [0.4, 0.5) is 40.3 Å². The number of aliphatic hydroxyl groups is 1. The monoisotopic (exact) mass is 1860 g/mol. The molecule has 17 aromatic rings. The topological polar surface area (TPSA) is 406 Å². The van der Waals surface area contributed by atoms with Gasteiger partial charge in [-0.25, -0.2) is 37.5 Å². The molecular weight excluding hydrogens is 1760 g/mol. The molecule has 4 amide bonds. The molecule has 0 bridgehead atoms. The first-order valence-electron chi connectivity index (χ1n) is 44.8. The second kappa shape index (κ2) is 42.4. The number of amides is 4. The zero-order valence-electron chi connectivity index (χ0n) is 76.4. The molecule has 0 atom stereocenters. The molecule has 33 nitrogen and oxygen atoms in total. The first-order chi connectivity index (χ1) is 66.7. The lowest BCUT2D eigenvalue weighted by molar-refractivity contribution is -0.0566. The lowest BCUT2D eigenvalue weighted by atomic mass is 10.0. The van der Waals surface area contributed by atoms with Crippen LogP contribution in [0.2, 0.25) is 0 Å². The van der Waals surface area contributed by atoms with Crippen LogP contribution in [0.15, 0.2) is 239 Å². The lowest BCUT2D eigenvalue weighted by Crippen LogP contribution is -2.38. The molecule has 5 aromatic carbocycles. The van der Waals surface area contributed by atoms with Crippen molar-refractivity contribution in [2.24, 2.45) is 0 Å². The van der Waals surface area contributed by atoms with E-state index >= 15 is 0 Å². The summed E-state index contributed by atoms with van der Waals surface area (Å²) in [5.41, 5.74) is 18.5. The van der Waals surface area contributed by atoms with Crippen LogP contribution in [0.1, 0.15) is 114 Å². The number of hydrogen-bond donors (Lipinski definition) is 9. The zero-order chi connectivity index (χ0) is 96.0. The predicted molar refractivity (Wildman–Crippen MR) is 517 cm³/mol. The summed E-state index contributed by atoms with van der Waals surface area (Å²) in [6.07, 6.45) is 28.2. The summed E-state index contributed by atoms with van der Waals surface area (Å²) >= 11 is 0. The minimum absolute atomic E-state index is 0.114. The standard InChI is InChI=1S/C27H31N7O2.C27H24N6O2.C24H23F2N7O.C23H21F2N7O/c1-33(2)16-19-10-22(15-29-13-19)30-27(36)26-24-11-20(3-4-25(24)31-32-26)21-9-18(12-28-14-21)17-34-7-5-23(35)6-8-34;1-33(2)17-18-10-21(15-28-13-18)30-27(34)26-24-12-19(8-9-25(24)31-32-26)20-11-23(16-29-14-20)35-22-6-4-3-5-7-22;1-15-28-12-19(13-29-15)30-23(34)22-20-9-17(2-3-21(20)31-32-22)18-8-16(10-27-11-18)14-33-6-4-24(25,26)5-7-33;1-14-27-10-18(11-28-14)29-22(33)21-19-7-16(2-3-20(19)30-31-21)17-6-15(8-26-9-17)12-32-5-4-23(24,25)13-32/h3-4,9-15,23,35H,5-8,16-17H2,1-2H3,(H,30,36)(H,31,32);3-16H,17H2,1-2H3,(H,30,34)(H,31,32);2-3,8-13H,4-7,14H2,1H3,(H,30,34)(H,31,32);2-3,6-11H,4-5,12-13H2,1H3,(H,29,33)(H,30,31). The van der Waals surface area contributed by atoms with Gasteiger partial charge >= 0.3 is 0 Å². The number of alkyl halides is 4. The predicted octanol–water partition coefficient (Wildman–Crippen LogP) is 16.4. The number of anilines is 4. The van der Waals surface area contributed by atoms with Crippen molar-refractivity contribution in [2.45, 2.75) is 96.6 Å². The number of hydrogen-bond acceptors (Lipinski definition) is 25. The fraction of sp³-hybridized carbons (Fsp3) is 0.248. The van der Waals surface area contributed by atoms with Crippen molar-refractivity contribution < 1.29 is 46.6 Å². The molecule has 37 heteroatoms. The molecule has 3 saturated heterocycles. The van der Waals surface area contributed by atoms with E-state index in [0.717, 1.165) is 146 Å². The van der Waals surface area contributed by atoms with E-state index in [-0.39, 0.29) is 66.9 Å². The third kappa shape index (κ3) is 24.3. The van der Waals surface area contributed by atoms with Crippen molar-refractivity contribution in [1.82, 2.24) is 115 Å². The van der Waals surface area contributed by atoms with Gasteiger partial charge in [0.05, 0.1) is 101 Å². The Morgan fingerprint density at radius 2 is 0.703 bits per heavy atom. The van der Waals surface area contributed by atoms with Crippen LogP contribution in [0.3, 0.4) is 0 Å². The lowest BCUT2D eigenvalue weighted by Gasteiger charge is -2.31. The van der Waals surface area contributed by atoms with Crippen LogP contribution in [0.5, 0.6) is 11.5 Å². The van der Waals surface area contributed by atoms with E-state index in [2.05, 4.69) is 123 Å². The van der Waals surface area contributed by atoms with Gasteiger partial charge in [0.25, 0.3) is 35.5 Å². The number of pyridine rings is 6. The quantitative estimate of drug-likeness (QED) is 0.0254. The summed E-state index contributed by atoms with van der Waals surface area (Å²) < 4.78 is 59.8. The Hall–Kier alpha value is -15.8. The molecule has 3 aliphatic heterocycles. The summed E-state index contributed by atoms with van der Waals surface area (Å²) in [6.45, 7) is 9.41. The molecular formula is C101H99F4N27O6. The van der Waals surface area contributed by atoms with Crippen molar-refractivity contribution in [2.75, 3.05) is 88.7 Å². The summed E-state index contributed by atoms with van der Waals surface area (Å²) in [6, 6.07) is 44.4. The fourth-order valence-electron chi connectivity index (χ4n) is 16.4. The molecule has 3 fully saturated rings. The van der Waals surface area contributed by atoms with Gasteiger partial charge in [-0.1, -0.05) is 42.5 Å². The van der Waals surface area contributed by atoms with Gasteiger partial charge in [-0.3, -0.25) is 84.2 Å². The largest absolute Gasteiger partial charge is 0.456 e. The number of H-pyrrole nitrogens is 4. The molecule has 20 rings (SSSR count). The number of fused-ring (bicyclic) bond motifs is 4. The highest BCUT2D eigenvalue weighted by Crippen LogP contribution is 2.36. The Morgan fingerprint density at radius 1 is 0.370 bits per heavy atom. The van der Waals surface area contributed by atoms with Crippen molar-refractivity contribution in [3.63, 3.8) is 0 Å². The van der Waals surface area contributed by atoms with Crippen molar-refractivity contribution >= 4 is 90.0 Å². The number of aryl methyl sites for hydroxylation is 2. The molecule has 12 aromatic heterocycles. The van der Waals surface area contributed by atoms with Gasteiger partial charge in [0.15, 0.2) is 22.8 Å². The van der Waals surface area contributed by atoms with Crippen molar-refractivity contribution in [3.8, 4) is 56.0 Å². The molecule has 3 aliphatic rings. The highest BCUT2D eigenvalue weighted by atomic mass is 19.3. The number of para-hydroxylation sites is 1. The Bertz CT molecular complexity index is 7190. The second-order valence-electron chi connectivity index (χ2n) is 34.9. The molecule has 0 unspecified atom stereocenters. The van der Waals surface area contributed by atoms with Crippen LogP contribution < -0.4 is 26.0 Å². The molecule has 138 heavy (non-hydrogen) atoms. The van der Waals surface area contributed by atoms with Gasteiger partial charge in [0, 0.05) is 184 Å². The summed E-state index contributed by atoms with van der Waals surface area (Å²) in [7, 11) is 7.95. The van der Waals surface area contributed by atoms with E-state index < -0.39 is 11.8 Å². The van der Waals surface area contributed by atoms with Crippen LogP contribution in [0.25, 0.3) is 88.1 Å². The van der Waals surface area contributed by atoms with E-state index in [1.807, 2.05) is 189 Å². The Balaban J connectivity index is 0.000000127. The highest BCUT2D eigenvalue weighted by Gasteiger charge is 2.38. The minimum Gasteiger partial charge on any atom is -0.456 e. The van der Waals surface area contributed by atoms with Crippen molar-refractivity contribution in [1.29, 1.82) is 0 Å². The smallest absolute Gasteiger partial charge is 0.276 e. The number of aromatic amines is 4. The second-order valence-corrected chi connectivity index (χ2v) is 34.9. The minimum atomic E-state index is -2.63. The number of halogens is 4. The number of carbonyl (C=O) groups excluding carboxylic acids is 4. The number of benzene rings is 5. The Labute approximate surface area is 789 Å². The van der Waals surface area contributed by atoms with Gasteiger partial charge in [-0.15, -0.1) is 0 Å². The fourth-order valence-corrected chi connectivity index (χ4v) is 16.4. The number of piperidine rings is 2. The zero-order valence-corrected chi connectivity index (χ0v) is 76.4. The first kappa shape index (κ1) is 94.0. The molecule has 0 aliphatic carbocycles. The molecule has 702 valence electrons. The summed E-state index contributed by atoms with van der Waals surface area (Å²) in [5.74, 6) is -3.95. The first-order valence-corrected chi connectivity index (χ1v) is 44.8. The van der Waals surface area contributed by atoms with Crippen LogP contribution in [0, 0.1) is 13.8 Å². The third-order valence-corrected chi connectivity index (χ3v) is 23.3. The third-order valence-electron chi connectivity index (χ3n) is 23.3. The van der Waals surface area contributed by atoms with E-state index in [9.17, 15) is 41.8 Å². The number of carbonyl (C=O) groups is 4. The Morgan fingerprint density at radius 3 is 1.08 bits per heavy atom. The highest BCUT2D eigenvalue weighted by molar-refractivity contribution is 6.14. The number of nitrogens with one attached hydrogen (secondary N) is 8. The molecule has 0 saturated carbocycles. The van der Waals surface area contributed by atoms with Gasteiger partial charge in [0.2, 0.25) is 0 Å². The average molecular weight is 1860 g/mol. The molecule has 15 heterocycles. The Kier molecular flexibility index (Phi) is 28.9. The van der Waals surface area contributed by atoms with E-state index in [1.165, 1.54) is 12.4 Å². The number of likely N-dealkylation sites (tertiary alicyclic amines) is 3. The van der Waals surface area contributed by atoms with Gasteiger partial charge in [-0.05, 0) is 202 Å². The van der Waals surface area contributed by atoms with Gasteiger partial charge in [0.1, 0.15) is 23.1 Å². The van der Waals surface area contributed by atoms with Gasteiger partial charge < -0.3 is 40.9 Å². The summed E-state index contributed by atoms with van der Waals surface area (Å²) in [5, 5.41) is 52.5.